The van der Waals surface area contributed by atoms with Gasteiger partial charge in [-0.25, -0.2) is 9.37 Å². The van der Waals surface area contributed by atoms with Crippen molar-refractivity contribution in [3.8, 4) is 6.07 Å². The Morgan fingerprint density at radius 3 is 2.83 bits per heavy atom. The van der Waals surface area contributed by atoms with Crippen molar-refractivity contribution in [1.82, 2.24) is 4.98 Å². The zero-order chi connectivity index (χ0) is 13.1. The first-order valence-corrected chi connectivity index (χ1v) is 6.05. The van der Waals surface area contributed by atoms with Crippen LogP contribution in [0.3, 0.4) is 0 Å². The molecule has 0 fully saturated rings. The number of anilines is 2. The molecule has 0 radical (unpaired) electrons. The Morgan fingerprint density at radius 1 is 1.39 bits per heavy atom. The molecular formula is C12H6BrClFN3. The van der Waals surface area contributed by atoms with Crippen LogP contribution in [0.25, 0.3) is 0 Å². The van der Waals surface area contributed by atoms with E-state index in [4.69, 9.17) is 16.9 Å². The monoisotopic (exact) mass is 325 g/mol. The van der Waals surface area contributed by atoms with Gasteiger partial charge in [-0.05, 0) is 40.2 Å². The highest BCUT2D eigenvalue weighted by atomic mass is 79.9. The number of nitrogens with one attached hydrogen (secondary N) is 1. The van der Waals surface area contributed by atoms with Crippen molar-refractivity contribution in [1.29, 1.82) is 5.26 Å². The molecule has 0 bridgehead atoms. The van der Waals surface area contributed by atoms with Crippen LogP contribution in [0, 0.1) is 17.1 Å². The Hall–Kier alpha value is -1.64. The molecule has 0 aliphatic rings. The van der Waals surface area contributed by atoms with Gasteiger partial charge in [-0.15, -0.1) is 0 Å². The lowest BCUT2D eigenvalue weighted by Gasteiger charge is -2.09. The summed E-state index contributed by atoms with van der Waals surface area (Å²) in [6, 6.07) is 7.46. The van der Waals surface area contributed by atoms with Gasteiger partial charge in [-0.2, -0.15) is 5.26 Å². The van der Waals surface area contributed by atoms with Crippen LogP contribution >= 0.6 is 27.5 Å². The second-order valence-electron chi connectivity index (χ2n) is 3.41. The molecule has 3 nitrogen and oxygen atoms in total. The van der Waals surface area contributed by atoms with Gasteiger partial charge in [0, 0.05) is 10.7 Å². The largest absolute Gasteiger partial charge is 0.338 e. The number of halogens is 3. The van der Waals surface area contributed by atoms with E-state index < -0.39 is 5.82 Å². The molecule has 1 aromatic carbocycles. The van der Waals surface area contributed by atoms with Crippen LogP contribution in [0.15, 0.2) is 34.9 Å². The topological polar surface area (TPSA) is 48.7 Å². The number of nitriles is 1. The van der Waals surface area contributed by atoms with E-state index in [0.29, 0.717) is 22.1 Å². The van der Waals surface area contributed by atoms with Crippen LogP contribution in [0.4, 0.5) is 15.9 Å². The summed E-state index contributed by atoms with van der Waals surface area (Å²) in [6.07, 6.45) is 1.56. The van der Waals surface area contributed by atoms with E-state index in [1.807, 2.05) is 6.07 Å². The number of hydrogen-bond acceptors (Lipinski definition) is 3. The fourth-order valence-corrected chi connectivity index (χ4v) is 2.03. The predicted octanol–water partition coefficient (Wildman–Crippen LogP) is 4.25. The lowest BCUT2D eigenvalue weighted by atomic mass is 10.2. The van der Waals surface area contributed by atoms with Gasteiger partial charge in [0.1, 0.15) is 17.7 Å². The molecule has 0 amide bonds. The Labute approximate surface area is 116 Å². The minimum absolute atomic E-state index is 0.317. The van der Waals surface area contributed by atoms with E-state index >= 15 is 0 Å². The first-order chi connectivity index (χ1) is 8.60. The Morgan fingerprint density at radius 2 is 2.17 bits per heavy atom. The van der Waals surface area contributed by atoms with Crippen molar-refractivity contribution in [3.05, 3.63) is 51.3 Å². The number of hydrogen-bond donors (Lipinski definition) is 1. The van der Waals surface area contributed by atoms with Gasteiger partial charge in [0.05, 0.1) is 16.3 Å². The number of rotatable bonds is 2. The second kappa shape index (κ2) is 5.34. The third kappa shape index (κ3) is 2.78. The molecule has 2 aromatic rings. The molecule has 6 heteroatoms. The molecule has 0 saturated carbocycles. The van der Waals surface area contributed by atoms with Gasteiger partial charge in [-0.3, -0.25) is 0 Å². The zero-order valence-electron chi connectivity index (χ0n) is 8.92. The Balaban J connectivity index is 2.40. The quantitative estimate of drug-likeness (QED) is 0.897. The summed E-state index contributed by atoms with van der Waals surface area (Å²) in [5.74, 6) is -0.0771. The lowest BCUT2D eigenvalue weighted by Crippen LogP contribution is -1.97. The van der Waals surface area contributed by atoms with Crippen molar-refractivity contribution < 1.29 is 4.39 Å². The van der Waals surface area contributed by atoms with E-state index in [2.05, 4.69) is 26.2 Å². The molecule has 1 heterocycles. The normalized spacial score (nSPS) is 9.89. The Kier molecular flexibility index (Phi) is 3.80. The van der Waals surface area contributed by atoms with E-state index in [-0.39, 0.29) is 0 Å². The fraction of sp³-hybridized carbons (Fsp3) is 0. The van der Waals surface area contributed by atoms with E-state index in [1.165, 1.54) is 18.2 Å². The zero-order valence-corrected chi connectivity index (χ0v) is 11.3. The maximum atomic E-state index is 13.1. The summed E-state index contributed by atoms with van der Waals surface area (Å²) < 4.78 is 13.9. The van der Waals surface area contributed by atoms with Gasteiger partial charge in [0.25, 0.3) is 0 Å². The minimum Gasteiger partial charge on any atom is -0.338 e. The smallest absolute Gasteiger partial charge is 0.149 e. The molecule has 0 saturated heterocycles. The van der Waals surface area contributed by atoms with E-state index in [0.717, 1.165) is 4.47 Å². The van der Waals surface area contributed by atoms with E-state index in [9.17, 15) is 4.39 Å². The van der Waals surface area contributed by atoms with Crippen molar-refractivity contribution >= 4 is 39.0 Å². The average Bonchev–Trinajstić information content (AvgIpc) is 2.33. The molecule has 1 aromatic heterocycles. The maximum Gasteiger partial charge on any atom is 0.149 e. The molecule has 2 rings (SSSR count). The summed E-state index contributed by atoms with van der Waals surface area (Å²) in [5.41, 5.74) is 0.645. The highest BCUT2D eigenvalue weighted by molar-refractivity contribution is 9.10. The molecule has 0 aliphatic carbocycles. The van der Waals surface area contributed by atoms with Crippen molar-refractivity contribution in [2.24, 2.45) is 0 Å². The SMILES string of the molecule is N#Cc1ccc(F)cc1Nc1ncc(Br)cc1Cl. The van der Waals surface area contributed by atoms with Crippen molar-refractivity contribution in [3.63, 3.8) is 0 Å². The van der Waals surface area contributed by atoms with E-state index in [1.54, 1.807) is 12.3 Å². The van der Waals surface area contributed by atoms with Gasteiger partial charge in [0.2, 0.25) is 0 Å². The average molecular weight is 327 g/mol. The molecular weight excluding hydrogens is 321 g/mol. The van der Waals surface area contributed by atoms with Crippen LogP contribution < -0.4 is 5.32 Å². The maximum absolute atomic E-state index is 13.1. The molecule has 18 heavy (non-hydrogen) atoms. The van der Waals surface area contributed by atoms with Crippen LogP contribution in [-0.2, 0) is 0 Å². The highest BCUT2D eigenvalue weighted by Gasteiger charge is 2.08. The molecule has 0 unspecified atom stereocenters. The standard InChI is InChI=1S/C12H6BrClFN3/c13-8-3-10(14)12(17-6-8)18-11-4-9(15)2-1-7(11)5-16/h1-4,6H,(H,17,18). The summed E-state index contributed by atoms with van der Waals surface area (Å²) in [6.45, 7) is 0. The highest BCUT2D eigenvalue weighted by Crippen LogP contribution is 2.27. The molecule has 90 valence electrons. The molecule has 0 atom stereocenters. The number of benzene rings is 1. The number of aromatic nitrogens is 1. The summed E-state index contributed by atoms with van der Waals surface area (Å²) in [7, 11) is 0. The third-order valence-electron chi connectivity index (χ3n) is 2.16. The number of nitrogens with zero attached hydrogens (tertiary/aromatic N) is 2. The van der Waals surface area contributed by atoms with Gasteiger partial charge >= 0.3 is 0 Å². The first-order valence-electron chi connectivity index (χ1n) is 4.88. The number of pyridine rings is 1. The van der Waals surface area contributed by atoms with Gasteiger partial charge < -0.3 is 5.32 Å². The second-order valence-corrected chi connectivity index (χ2v) is 4.73. The molecule has 1 N–H and O–H groups in total. The van der Waals surface area contributed by atoms with Crippen molar-refractivity contribution in [2.45, 2.75) is 0 Å². The Bertz CT molecular complexity index is 640. The molecule has 0 aliphatic heterocycles. The summed E-state index contributed by atoms with van der Waals surface area (Å²) in [5, 5.41) is 12.1. The van der Waals surface area contributed by atoms with Gasteiger partial charge in [0.15, 0.2) is 0 Å². The van der Waals surface area contributed by atoms with Crippen LogP contribution in [0.5, 0.6) is 0 Å². The predicted molar refractivity (Wildman–Crippen MR) is 71.3 cm³/mol. The fourth-order valence-electron chi connectivity index (χ4n) is 1.35. The van der Waals surface area contributed by atoms with Crippen LogP contribution in [0.2, 0.25) is 5.02 Å². The lowest BCUT2D eigenvalue weighted by molar-refractivity contribution is 0.628. The summed E-state index contributed by atoms with van der Waals surface area (Å²) in [4.78, 5) is 4.06. The van der Waals surface area contributed by atoms with Crippen LogP contribution in [0.1, 0.15) is 5.56 Å². The molecule has 0 spiro atoms. The minimum atomic E-state index is -0.440. The van der Waals surface area contributed by atoms with Crippen LogP contribution in [-0.4, -0.2) is 4.98 Å². The first kappa shape index (κ1) is 12.8. The summed E-state index contributed by atoms with van der Waals surface area (Å²) >= 11 is 9.22. The van der Waals surface area contributed by atoms with Gasteiger partial charge in [-0.1, -0.05) is 11.6 Å². The third-order valence-corrected chi connectivity index (χ3v) is 2.88. The van der Waals surface area contributed by atoms with Crippen molar-refractivity contribution in [2.75, 3.05) is 5.32 Å².